The molecule has 0 aromatic carbocycles. The van der Waals surface area contributed by atoms with E-state index in [0.29, 0.717) is 0 Å². The molecule has 0 bridgehead atoms. The summed E-state index contributed by atoms with van der Waals surface area (Å²) in [5.74, 6) is 0. The Morgan fingerprint density at radius 1 is 0.462 bits per heavy atom. The van der Waals surface area contributed by atoms with E-state index in [4.69, 9.17) is 0 Å². The summed E-state index contributed by atoms with van der Waals surface area (Å²) in [7, 11) is 0. The van der Waals surface area contributed by atoms with Crippen molar-refractivity contribution < 1.29 is 21.7 Å². The number of hydrogen-bond donors (Lipinski definition) is 0. The first-order valence-electron chi connectivity index (χ1n) is 5.91. The number of hydrogen-bond acceptors (Lipinski definition) is 0. The maximum absolute atomic E-state index is 2.28. The van der Waals surface area contributed by atoms with Gasteiger partial charge < -0.3 is 0 Å². The monoisotopic (exact) mass is 218 g/mol. The Labute approximate surface area is 99.8 Å². The molecule has 0 saturated heterocycles. The minimum absolute atomic E-state index is 0. The molecule has 78 valence electrons. The van der Waals surface area contributed by atoms with Crippen LogP contribution in [0, 0.1) is 0 Å². The van der Waals surface area contributed by atoms with E-state index in [2.05, 4.69) is 13.8 Å². The van der Waals surface area contributed by atoms with Crippen molar-refractivity contribution in [3.63, 3.8) is 0 Å². The third-order valence-corrected chi connectivity index (χ3v) is 2.46. The summed E-state index contributed by atoms with van der Waals surface area (Å²) in [6.45, 7) is 4.56. The standard InChI is InChI=1S/C12H26.Ti/c1-3-5-7-9-11-12-10-8-6-4-2;/h3-12H2,1-2H3;. The summed E-state index contributed by atoms with van der Waals surface area (Å²) in [6, 6.07) is 0. The van der Waals surface area contributed by atoms with Crippen LogP contribution in [0.3, 0.4) is 0 Å². The predicted molar refractivity (Wildman–Crippen MR) is 57.5 cm³/mol. The Balaban J connectivity index is 0. The molecule has 0 aliphatic rings. The van der Waals surface area contributed by atoms with E-state index in [0.717, 1.165) is 0 Å². The Kier molecular flexibility index (Phi) is 18.9. The van der Waals surface area contributed by atoms with Gasteiger partial charge in [-0.1, -0.05) is 78.1 Å². The smallest absolute Gasteiger partial charge is 0 e. The van der Waals surface area contributed by atoms with Gasteiger partial charge in [0.2, 0.25) is 0 Å². The maximum atomic E-state index is 2.28. The maximum Gasteiger partial charge on any atom is 0 e. The molecule has 0 N–H and O–H groups in total. The Hall–Kier alpha value is 0.714. The van der Waals surface area contributed by atoms with E-state index in [1.165, 1.54) is 64.2 Å². The summed E-state index contributed by atoms with van der Waals surface area (Å²) < 4.78 is 0. The topological polar surface area (TPSA) is 0 Å². The number of unbranched alkanes of at least 4 members (excludes halogenated alkanes) is 9. The van der Waals surface area contributed by atoms with E-state index in [1.807, 2.05) is 0 Å². The molecular weight excluding hydrogens is 192 g/mol. The zero-order chi connectivity index (χ0) is 9.07. The van der Waals surface area contributed by atoms with Gasteiger partial charge in [-0.15, -0.1) is 0 Å². The first-order valence-corrected chi connectivity index (χ1v) is 5.91. The van der Waals surface area contributed by atoms with Crippen LogP contribution in [0.15, 0.2) is 0 Å². The van der Waals surface area contributed by atoms with E-state index in [-0.39, 0.29) is 21.7 Å². The van der Waals surface area contributed by atoms with Crippen LogP contribution in [-0.2, 0) is 21.7 Å². The molecule has 0 amide bonds. The molecule has 0 aliphatic carbocycles. The minimum atomic E-state index is 0. The quantitative estimate of drug-likeness (QED) is 0.380. The fraction of sp³-hybridized carbons (Fsp3) is 1.00. The zero-order valence-electron chi connectivity index (χ0n) is 9.57. The first kappa shape index (κ1) is 16.2. The van der Waals surface area contributed by atoms with E-state index in [1.54, 1.807) is 0 Å². The normalized spacial score (nSPS) is 9.69. The van der Waals surface area contributed by atoms with Crippen LogP contribution in [0.5, 0.6) is 0 Å². The van der Waals surface area contributed by atoms with Crippen molar-refractivity contribution >= 4 is 0 Å². The van der Waals surface area contributed by atoms with Crippen molar-refractivity contribution in [3.05, 3.63) is 0 Å². The zero-order valence-corrected chi connectivity index (χ0v) is 11.1. The largest absolute Gasteiger partial charge is 0.0654 e. The van der Waals surface area contributed by atoms with Crippen molar-refractivity contribution in [3.8, 4) is 0 Å². The second-order valence-electron chi connectivity index (χ2n) is 3.83. The van der Waals surface area contributed by atoms with Gasteiger partial charge in [-0.25, -0.2) is 0 Å². The van der Waals surface area contributed by atoms with Gasteiger partial charge in [0.05, 0.1) is 0 Å². The molecule has 0 radical (unpaired) electrons. The van der Waals surface area contributed by atoms with Crippen molar-refractivity contribution in [1.29, 1.82) is 0 Å². The Morgan fingerprint density at radius 2 is 0.692 bits per heavy atom. The van der Waals surface area contributed by atoms with E-state index in [9.17, 15) is 0 Å². The fourth-order valence-electron chi connectivity index (χ4n) is 1.56. The second-order valence-corrected chi connectivity index (χ2v) is 3.83. The van der Waals surface area contributed by atoms with Crippen LogP contribution in [0.2, 0.25) is 0 Å². The fourth-order valence-corrected chi connectivity index (χ4v) is 1.56. The van der Waals surface area contributed by atoms with Gasteiger partial charge in [0.1, 0.15) is 0 Å². The van der Waals surface area contributed by atoms with Crippen molar-refractivity contribution in [2.24, 2.45) is 0 Å². The molecule has 0 rings (SSSR count). The van der Waals surface area contributed by atoms with E-state index < -0.39 is 0 Å². The van der Waals surface area contributed by atoms with Crippen LogP contribution in [-0.4, -0.2) is 0 Å². The van der Waals surface area contributed by atoms with Crippen molar-refractivity contribution in [1.82, 2.24) is 0 Å². The Morgan fingerprint density at radius 3 is 0.923 bits per heavy atom. The molecule has 0 nitrogen and oxygen atoms in total. The van der Waals surface area contributed by atoms with Crippen LogP contribution < -0.4 is 0 Å². The second kappa shape index (κ2) is 15.2. The average molecular weight is 218 g/mol. The molecule has 0 aromatic rings. The SMILES string of the molecule is CCCCCCCCCCCC.[Ti]. The molecule has 0 fully saturated rings. The molecule has 13 heavy (non-hydrogen) atoms. The molecule has 1 heteroatoms. The molecule has 0 atom stereocenters. The molecule has 0 unspecified atom stereocenters. The van der Waals surface area contributed by atoms with Crippen LogP contribution in [0.1, 0.15) is 78.1 Å². The van der Waals surface area contributed by atoms with Crippen LogP contribution in [0.25, 0.3) is 0 Å². The van der Waals surface area contributed by atoms with Crippen molar-refractivity contribution in [2.45, 2.75) is 78.1 Å². The van der Waals surface area contributed by atoms with Crippen LogP contribution in [0.4, 0.5) is 0 Å². The van der Waals surface area contributed by atoms with Gasteiger partial charge in [0.25, 0.3) is 0 Å². The third kappa shape index (κ3) is 15.5. The van der Waals surface area contributed by atoms with E-state index >= 15 is 0 Å². The van der Waals surface area contributed by atoms with Crippen molar-refractivity contribution in [2.75, 3.05) is 0 Å². The molecule has 0 heterocycles. The summed E-state index contributed by atoms with van der Waals surface area (Å²) in [5.41, 5.74) is 0. The molecule has 0 aliphatic heterocycles. The first-order chi connectivity index (χ1) is 5.91. The summed E-state index contributed by atoms with van der Waals surface area (Å²) in [4.78, 5) is 0. The predicted octanol–water partition coefficient (Wildman–Crippen LogP) is 4.92. The van der Waals surface area contributed by atoms with Gasteiger partial charge >= 0.3 is 0 Å². The molecule has 0 saturated carbocycles. The van der Waals surface area contributed by atoms with Gasteiger partial charge in [0, 0.05) is 21.7 Å². The summed E-state index contributed by atoms with van der Waals surface area (Å²) in [5, 5.41) is 0. The average Bonchev–Trinajstić information content (AvgIpc) is 2.10. The molecule has 0 spiro atoms. The van der Waals surface area contributed by atoms with Crippen LogP contribution >= 0.6 is 0 Å². The van der Waals surface area contributed by atoms with Gasteiger partial charge in [-0.05, 0) is 0 Å². The number of rotatable bonds is 9. The summed E-state index contributed by atoms with van der Waals surface area (Å²) in [6.07, 6.45) is 14.4. The van der Waals surface area contributed by atoms with Gasteiger partial charge in [-0.3, -0.25) is 0 Å². The Bertz CT molecular complexity index is 61.5. The third-order valence-electron chi connectivity index (χ3n) is 2.46. The molecular formula is C12H26Ti. The molecule has 0 aromatic heterocycles. The summed E-state index contributed by atoms with van der Waals surface area (Å²) >= 11 is 0. The van der Waals surface area contributed by atoms with Gasteiger partial charge in [-0.2, -0.15) is 0 Å². The minimum Gasteiger partial charge on any atom is -0.0654 e. The van der Waals surface area contributed by atoms with Gasteiger partial charge in [0.15, 0.2) is 0 Å².